The van der Waals surface area contributed by atoms with Gasteiger partial charge in [0.15, 0.2) is 6.10 Å². The van der Waals surface area contributed by atoms with Gasteiger partial charge in [-0.3, -0.25) is 4.79 Å². The maximum atomic E-state index is 12.8. The van der Waals surface area contributed by atoms with Crippen molar-refractivity contribution in [3.05, 3.63) is 64.7 Å². The molecule has 0 fully saturated rings. The number of carbonyl (C=O) groups excluding carboxylic acids is 2. The Balaban J connectivity index is 2.15. The average molecular weight is 371 g/mol. The standard InChI is InChI=1S/C16H10Cl3NO3/c17-9-4-3-5-10(8-9)20-15(21)12-7-2-1-6-11(12)13(14(18)19)23-16(20)22/h1-8,13-14H. The van der Waals surface area contributed by atoms with Gasteiger partial charge < -0.3 is 4.74 Å². The highest BCUT2D eigenvalue weighted by Crippen LogP contribution is 2.35. The molecule has 1 heterocycles. The van der Waals surface area contributed by atoms with Crippen molar-refractivity contribution in [3.63, 3.8) is 0 Å². The summed E-state index contributed by atoms with van der Waals surface area (Å²) in [7, 11) is 0. The second-order valence-electron chi connectivity index (χ2n) is 4.85. The molecule has 0 bridgehead atoms. The summed E-state index contributed by atoms with van der Waals surface area (Å²) in [6.45, 7) is 0. The fourth-order valence-corrected chi connectivity index (χ4v) is 2.95. The zero-order chi connectivity index (χ0) is 16.6. The monoisotopic (exact) mass is 369 g/mol. The highest BCUT2D eigenvalue weighted by molar-refractivity contribution is 6.44. The minimum atomic E-state index is -1.01. The molecule has 0 saturated carbocycles. The molecule has 3 rings (SSSR count). The minimum absolute atomic E-state index is 0.301. The maximum absolute atomic E-state index is 12.8. The molecule has 2 aromatic carbocycles. The second kappa shape index (κ2) is 6.40. The fraction of sp³-hybridized carbons (Fsp3) is 0.125. The summed E-state index contributed by atoms with van der Waals surface area (Å²) in [5.41, 5.74) is 1.07. The maximum Gasteiger partial charge on any atom is 0.422 e. The third-order valence-electron chi connectivity index (χ3n) is 3.41. The first kappa shape index (κ1) is 16.1. The zero-order valence-corrected chi connectivity index (χ0v) is 13.8. The molecule has 1 aliphatic heterocycles. The summed E-state index contributed by atoms with van der Waals surface area (Å²) in [6, 6.07) is 13.0. The topological polar surface area (TPSA) is 46.6 Å². The summed E-state index contributed by atoms with van der Waals surface area (Å²) < 4.78 is 5.34. The van der Waals surface area contributed by atoms with Gasteiger partial charge in [-0.25, -0.2) is 9.69 Å². The Morgan fingerprint density at radius 1 is 1.04 bits per heavy atom. The highest BCUT2D eigenvalue weighted by atomic mass is 35.5. The lowest BCUT2D eigenvalue weighted by molar-refractivity contribution is 0.0952. The number of nitrogens with zero attached hydrogens (tertiary/aromatic N) is 1. The van der Waals surface area contributed by atoms with Crippen LogP contribution in [0.15, 0.2) is 48.5 Å². The van der Waals surface area contributed by atoms with E-state index >= 15 is 0 Å². The largest absolute Gasteiger partial charge is 0.438 e. The number of ether oxygens (including phenoxy) is 1. The molecule has 2 aromatic rings. The molecule has 0 spiro atoms. The lowest BCUT2D eigenvalue weighted by Gasteiger charge is -2.20. The first-order valence-electron chi connectivity index (χ1n) is 6.67. The quantitative estimate of drug-likeness (QED) is 0.700. The Labute approximate surface area is 147 Å². The summed E-state index contributed by atoms with van der Waals surface area (Å²) in [5, 5.41) is 0.393. The van der Waals surface area contributed by atoms with Gasteiger partial charge in [0, 0.05) is 16.1 Å². The smallest absolute Gasteiger partial charge is 0.422 e. The van der Waals surface area contributed by atoms with Gasteiger partial charge in [0.05, 0.1) is 5.69 Å². The molecule has 7 heteroatoms. The van der Waals surface area contributed by atoms with E-state index in [2.05, 4.69) is 0 Å². The van der Waals surface area contributed by atoms with Crippen LogP contribution in [0.3, 0.4) is 0 Å². The summed E-state index contributed by atoms with van der Waals surface area (Å²) in [4.78, 5) is 25.2. The van der Waals surface area contributed by atoms with E-state index in [1.54, 1.807) is 42.5 Å². The first-order chi connectivity index (χ1) is 11.0. The van der Waals surface area contributed by atoms with Crippen LogP contribution in [0.2, 0.25) is 5.02 Å². The molecule has 4 nitrogen and oxygen atoms in total. The van der Waals surface area contributed by atoms with Gasteiger partial charge in [-0.2, -0.15) is 0 Å². The van der Waals surface area contributed by atoms with Gasteiger partial charge in [0.1, 0.15) is 4.84 Å². The fourth-order valence-electron chi connectivity index (χ4n) is 2.39. The summed E-state index contributed by atoms with van der Waals surface area (Å²) in [6.07, 6.45) is -1.79. The SMILES string of the molecule is O=C1OC(C(Cl)Cl)c2ccccc2C(=O)N1c1cccc(Cl)c1. The Bertz CT molecular complexity index is 779. The molecule has 0 N–H and O–H groups in total. The lowest BCUT2D eigenvalue weighted by Crippen LogP contribution is -2.36. The Morgan fingerprint density at radius 2 is 1.78 bits per heavy atom. The molecule has 118 valence electrons. The minimum Gasteiger partial charge on any atom is -0.438 e. The van der Waals surface area contributed by atoms with E-state index in [0.29, 0.717) is 21.8 Å². The van der Waals surface area contributed by atoms with Crippen LogP contribution < -0.4 is 4.90 Å². The second-order valence-corrected chi connectivity index (χ2v) is 6.45. The summed E-state index contributed by atoms with van der Waals surface area (Å²) in [5.74, 6) is -0.524. The highest BCUT2D eigenvalue weighted by Gasteiger charge is 2.38. The molecule has 0 aromatic heterocycles. The number of hydrogen-bond donors (Lipinski definition) is 0. The molecule has 0 aliphatic carbocycles. The van der Waals surface area contributed by atoms with Crippen molar-refractivity contribution < 1.29 is 14.3 Å². The van der Waals surface area contributed by atoms with E-state index in [1.807, 2.05) is 0 Å². The van der Waals surface area contributed by atoms with Crippen LogP contribution in [-0.4, -0.2) is 16.8 Å². The molecule has 23 heavy (non-hydrogen) atoms. The van der Waals surface area contributed by atoms with Gasteiger partial charge >= 0.3 is 6.09 Å². The van der Waals surface area contributed by atoms with E-state index in [0.717, 1.165) is 4.90 Å². The normalized spacial score (nSPS) is 17.7. The van der Waals surface area contributed by atoms with Gasteiger partial charge in [-0.15, -0.1) is 23.2 Å². The van der Waals surface area contributed by atoms with Crippen LogP contribution in [0.25, 0.3) is 0 Å². The number of fused-ring (bicyclic) bond motifs is 1. The van der Waals surface area contributed by atoms with Gasteiger partial charge in [0.25, 0.3) is 5.91 Å². The number of amides is 2. The Hall–Kier alpha value is -1.75. The van der Waals surface area contributed by atoms with E-state index in [9.17, 15) is 9.59 Å². The molecule has 1 unspecified atom stereocenters. The number of alkyl halides is 2. The Kier molecular flexibility index (Phi) is 4.48. The third-order valence-corrected chi connectivity index (χ3v) is 4.10. The molecule has 2 amide bonds. The third kappa shape index (κ3) is 3.02. The van der Waals surface area contributed by atoms with Gasteiger partial charge in [0.2, 0.25) is 0 Å². The van der Waals surface area contributed by atoms with Gasteiger partial charge in [-0.05, 0) is 24.3 Å². The predicted octanol–water partition coefficient (Wildman–Crippen LogP) is 4.98. The zero-order valence-electron chi connectivity index (χ0n) is 11.6. The van der Waals surface area contributed by atoms with Crippen LogP contribution in [0.5, 0.6) is 0 Å². The number of halogens is 3. The molecule has 0 radical (unpaired) electrons. The summed E-state index contributed by atoms with van der Waals surface area (Å²) >= 11 is 17.8. The lowest BCUT2D eigenvalue weighted by atomic mass is 10.0. The number of cyclic esters (lactones) is 1. The number of benzene rings is 2. The van der Waals surface area contributed by atoms with Crippen LogP contribution in [0.4, 0.5) is 10.5 Å². The van der Waals surface area contributed by atoms with Crippen LogP contribution in [0, 0.1) is 0 Å². The van der Waals surface area contributed by atoms with Crippen LogP contribution in [-0.2, 0) is 4.74 Å². The van der Waals surface area contributed by atoms with E-state index in [4.69, 9.17) is 39.5 Å². The van der Waals surface area contributed by atoms with Crippen molar-refractivity contribution in [2.45, 2.75) is 10.9 Å². The molecule has 0 saturated heterocycles. The van der Waals surface area contributed by atoms with Crippen molar-refractivity contribution >= 4 is 52.5 Å². The van der Waals surface area contributed by atoms with Crippen LogP contribution in [0.1, 0.15) is 22.0 Å². The van der Waals surface area contributed by atoms with Crippen LogP contribution >= 0.6 is 34.8 Å². The number of rotatable bonds is 2. The number of hydrogen-bond acceptors (Lipinski definition) is 3. The predicted molar refractivity (Wildman–Crippen MR) is 89.4 cm³/mol. The molecule has 1 aliphatic rings. The Morgan fingerprint density at radius 3 is 2.48 bits per heavy atom. The van der Waals surface area contributed by atoms with Crippen molar-refractivity contribution in [2.24, 2.45) is 0 Å². The van der Waals surface area contributed by atoms with Crippen molar-refractivity contribution in [1.29, 1.82) is 0 Å². The average Bonchev–Trinajstić information content (AvgIpc) is 2.63. The number of carbonyl (C=O) groups is 2. The van der Waals surface area contributed by atoms with Crippen molar-refractivity contribution in [2.75, 3.05) is 4.90 Å². The van der Waals surface area contributed by atoms with E-state index < -0.39 is 22.9 Å². The molecular weight excluding hydrogens is 361 g/mol. The molecular formula is C16H10Cl3NO3. The van der Waals surface area contributed by atoms with Crippen molar-refractivity contribution in [3.8, 4) is 0 Å². The van der Waals surface area contributed by atoms with E-state index in [-0.39, 0.29) is 0 Å². The van der Waals surface area contributed by atoms with E-state index in [1.165, 1.54) is 6.07 Å². The van der Waals surface area contributed by atoms with Crippen molar-refractivity contribution in [1.82, 2.24) is 0 Å². The number of anilines is 1. The first-order valence-corrected chi connectivity index (χ1v) is 7.92. The number of imide groups is 1. The van der Waals surface area contributed by atoms with Gasteiger partial charge in [-0.1, -0.05) is 35.9 Å². The molecule has 1 atom stereocenters.